The summed E-state index contributed by atoms with van der Waals surface area (Å²) in [7, 11) is 0. The highest BCUT2D eigenvalue weighted by atomic mass is 15.3. The zero-order valence-electron chi connectivity index (χ0n) is 10.0. The van der Waals surface area contributed by atoms with E-state index < -0.39 is 0 Å². The maximum atomic E-state index is 5.53. The molecule has 0 amide bonds. The second-order valence-electron chi connectivity index (χ2n) is 4.08. The number of aromatic amines is 1. The minimum absolute atomic E-state index is 0.141. The molecule has 0 bridgehead atoms. The Morgan fingerprint density at radius 2 is 1.74 bits per heavy atom. The lowest BCUT2D eigenvalue weighted by Gasteiger charge is -2.03. The van der Waals surface area contributed by atoms with Gasteiger partial charge in [-0.05, 0) is 18.1 Å². The van der Waals surface area contributed by atoms with Gasteiger partial charge in [-0.15, -0.1) is 0 Å². The van der Waals surface area contributed by atoms with E-state index >= 15 is 0 Å². The zero-order chi connectivity index (χ0) is 13.2. The van der Waals surface area contributed by atoms with Crippen molar-refractivity contribution in [3.63, 3.8) is 0 Å². The van der Waals surface area contributed by atoms with E-state index in [9.17, 15) is 0 Å². The molecule has 0 saturated carbocycles. The molecule has 0 spiro atoms. The minimum Gasteiger partial charge on any atom is -0.368 e. The Bertz CT molecular complexity index is 699. The van der Waals surface area contributed by atoms with E-state index in [1.165, 1.54) is 0 Å². The highest BCUT2D eigenvalue weighted by Gasteiger charge is 2.07. The average Bonchev–Trinajstić information content (AvgIpc) is 2.83. The number of nitrogens with zero attached hydrogens (tertiary/aromatic N) is 5. The van der Waals surface area contributed by atoms with Crippen LogP contribution < -0.4 is 11.5 Å². The first-order chi connectivity index (χ1) is 9.22. The van der Waals surface area contributed by atoms with Crippen LogP contribution in [-0.4, -0.2) is 30.4 Å². The van der Waals surface area contributed by atoms with Crippen LogP contribution in [0.25, 0.3) is 11.0 Å². The molecule has 0 saturated heterocycles. The van der Waals surface area contributed by atoms with Crippen LogP contribution in [0, 0.1) is 0 Å². The first-order valence-electron chi connectivity index (χ1n) is 5.76. The SMILES string of the molecule is Nc1nc(N)nc(CCc2cccc3n[nH]nc23)n1. The molecule has 0 aliphatic heterocycles. The van der Waals surface area contributed by atoms with E-state index in [1.807, 2.05) is 18.2 Å². The molecule has 8 nitrogen and oxygen atoms in total. The first kappa shape index (κ1) is 11.3. The lowest BCUT2D eigenvalue weighted by atomic mass is 10.1. The van der Waals surface area contributed by atoms with Crippen molar-refractivity contribution in [1.29, 1.82) is 0 Å². The summed E-state index contributed by atoms with van der Waals surface area (Å²) in [6.45, 7) is 0. The number of rotatable bonds is 3. The number of para-hydroxylation sites is 1. The first-order valence-corrected chi connectivity index (χ1v) is 5.76. The number of benzene rings is 1. The minimum atomic E-state index is 0.141. The van der Waals surface area contributed by atoms with Crippen LogP contribution in [0.15, 0.2) is 18.2 Å². The quantitative estimate of drug-likeness (QED) is 0.605. The molecule has 5 N–H and O–H groups in total. The predicted molar refractivity (Wildman–Crippen MR) is 69.9 cm³/mol. The fourth-order valence-corrected chi connectivity index (χ4v) is 1.94. The van der Waals surface area contributed by atoms with Crippen molar-refractivity contribution in [2.24, 2.45) is 0 Å². The third-order valence-electron chi connectivity index (χ3n) is 2.76. The van der Waals surface area contributed by atoms with Crippen LogP contribution in [0.1, 0.15) is 11.4 Å². The number of fused-ring (bicyclic) bond motifs is 1. The van der Waals surface area contributed by atoms with Gasteiger partial charge in [0.25, 0.3) is 0 Å². The maximum absolute atomic E-state index is 5.53. The third kappa shape index (κ3) is 2.28. The van der Waals surface area contributed by atoms with Gasteiger partial charge in [0.1, 0.15) is 16.9 Å². The van der Waals surface area contributed by atoms with E-state index in [0.717, 1.165) is 23.0 Å². The molecule has 0 aliphatic carbocycles. The van der Waals surface area contributed by atoms with Crippen LogP contribution in [-0.2, 0) is 12.8 Å². The van der Waals surface area contributed by atoms with Crippen molar-refractivity contribution >= 4 is 22.9 Å². The van der Waals surface area contributed by atoms with E-state index in [0.29, 0.717) is 12.2 Å². The van der Waals surface area contributed by atoms with Gasteiger partial charge in [-0.25, -0.2) is 0 Å². The summed E-state index contributed by atoms with van der Waals surface area (Å²) < 4.78 is 0. The lowest BCUT2D eigenvalue weighted by Crippen LogP contribution is -2.07. The second kappa shape index (κ2) is 4.48. The van der Waals surface area contributed by atoms with Crippen LogP contribution >= 0.6 is 0 Å². The molecular formula is C11H12N8. The number of hydrogen-bond donors (Lipinski definition) is 3. The van der Waals surface area contributed by atoms with Crippen LogP contribution in [0.4, 0.5) is 11.9 Å². The summed E-state index contributed by atoms with van der Waals surface area (Å²) in [4.78, 5) is 11.8. The van der Waals surface area contributed by atoms with Crippen molar-refractivity contribution in [2.75, 3.05) is 11.5 Å². The van der Waals surface area contributed by atoms with Crippen molar-refractivity contribution in [3.05, 3.63) is 29.6 Å². The van der Waals surface area contributed by atoms with Gasteiger partial charge in [-0.3, -0.25) is 0 Å². The molecule has 1 aromatic carbocycles. The average molecular weight is 256 g/mol. The molecule has 3 aromatic rings. The summed E-state index contributed by atoms with van der Waals surface area (Å²) in [5, 5.41) is 10.8. The monoisotopic (exact) mass is 256 g/mol. The number of H-pyrrole nitrogens is 1. The van der Waals surface area contributed by atoms with E-state index in [2.05, 4.69) is 30.4 Å². The van der Waals surface area contributed by atoms with Gasteiger partial charge in [0.2, 0.25) is 11.9 Å². The van der Waals surface area contributed by atoms with Gasteiger partial charge in [-0.2, -0.15) is 30.4 Å². The Morgan fingerprint density at radius 1 is 0.947 bits per heavy atom. The Labute approximate surface area is 108 Å². The second-order valence-corrected chi connectivity index (χ2v) is 4.08. The topological polar surface area (TPSA) is 132 Å². The number of nitrogens with one attached hydrogen (secondary N) is 1. The fourth-order valence-electron chi connectivity index (χ4n) is 1.94. The van der Waals surface area contributed by atoms with Crippen molar-refractivity contribution in [3.8, 4) is 0 Å². The van der Waals surface area contributed by atoms with Crippen molar-refractivity contribution in [1.82, 2.24) is 30.4 Å². The van der Waals surface area contributed by atoms with Crippen LogP contribution in [0.5, 0.6) is 0 Å². The fraction of sp³-hybridized carbons (Fsp3) is 0.182. The molecule has 19 heavy (non-hydrogen) atoms. The van der Waals surface area contributed by atoms with Gasteiger partial charge < -0.3 is 11.5 Å². The van der Waals surface area contributed by atoms with Gasteiger partial charge in [0, 0.05) is 6.42 Å². The van der Waals surface area contributed by atoms with Crippen molar-refractivity contribution in [2.45, 2.75) is 12.8 Å². The van der Waals surface area contributed by atoms with E-state index in [-0.39, 0.29) is 11.9 Å². The maximum Gasteiger partial charge on any atom is 0.225 e. The number of nitrogen functional groups attached to an aromatic ring is 2. The molecule has 0 radical (unpaired) electrons. The Hall–Kier alpha value is -2.77. The van der Waals surface area contributed by atoms with Crippen LogP contribution in [0.2, 0.25) is 0 Å². The highest BCUT2D eigenvalue weighted by Crippen LogP contribution is 2.15. The van der Waals surface area contributed by atoms with E-state index in [4.69, 9.17) is 11.5 Å². The number of aromatic nitrogens is 6. The molecular weight excluding hydrogens is 244 g/mol. The number of anilines is 2. The van der Waals surface area contributed by atoms with E-state index in [1.54, 1.807) is 0 Å². The van der Waals surface area contributed by atoms with Crippen molar-refractivity contribution < 1.29 is 0 Å². The van der Waals surface area contributed by atoms with Gasteiger partial charge in [0.15, 0.2) is 0 Å². The third-order valence-corrected chi connectivity index (χ3v) is 2.76. The molecule has 8 heteroatoms. The standard InChI is InChI=1S/C11H12N8/c12-10-14-8(15-11(13)16-10)5-4-6-2-1-3-7-9(6)18-19-17-7/h1-3H,4-5H2,(H,17,18,19)(H4,12,13,14,15,16). The number of nitrogens with two attached hydrogens (primary N) is 2. The molecule has 0 aliphatic rings. The lowest BCUT2D eigenvalue weighted by molar-refractivity contribution is 0.849. The van der Waals surface area contributed by atoms with Gasteiger partial charge >= 0.3 is 0 Å². The molecule has 3 rings (SSSR count). The normalized spacial score (nSPS) is 10.9. The van der Waals surface area contributed by atoms with Gasteiger partial charge in [0.05, 0.1) is 0 Å². The largest absolute Gasteiger partial charge is 0.368 e. The summed E-state index contributed by atoms with van der Waals surface area (Å²) in [5.74, 6) is 0.856. The highest BCUT2D eigenvalue weighted by molar-refractivity contribution is 5.77. The zero-order valence-corrected chi connectivity index (χ0v) is 10.0. The molecule has 2 aromatic heterocycles. The molecule has 0 fully saturated rings. The Balaban J connectivity index is 1.84. The Morgan fingerprint density at radius 3 is 2.53 bits per heavy atom. The molecule has 0 atom stereocenters. The summed E-state index contributed by atoms with van der Waals surface area (Å²) in [5.41, 5.74) is 13.8. The van der Waals surface area contributed by atoms with Crippen LogP contribution in [0.3, 0.4) is 0 Å². The number of hydrogen-bond acceptors (Lipinski definition) is 7. The number of aryl methyl sites for hydroxylation is 2. The molecule has 96 valence electrons. The predicted octanol–water partition coefficient (Wildman–Crippen LogP) is 0.0925. The molecule has 2 heterocycles. The molecule has 0 unspecified atom stereocenters. The van der Waals surface area contributed by atoms with Gasteiger partial charge in [-0.1, -0.05) is 12.1 Å². The summed E-state index contributed by atoms with van der Waals surface area (Å²) >= 11 is 0. The Kier molecular flexibility index (Phi) is 2.67. The summed E-state index contributed by atoms with van der Waals surface area (Å²) in [6.07, 6.45) is 1.34. The summed E-state index contributed by atoms with van der Waals surface area (Å²) in [6, 6.07) is 5.84. The smallest absolute Gasteiger partial charge is 0.225 e.